The SMILES string of the molecule is C=COCC1CCC(CC(=O)NCNC(=O)CC2CCC(COC=C)CC2)CC1. The van der Waals surface area contributed by atoms with Crippen LogP contribution in [0.1, 0.15) is 64.2 Å². The van der Waals surface area contributed by atoms with Gasteiger partial charge in [0.05, 0.1) is 32.4 Å². The molecule has 0 atom stereocenters. The second-order valence-electron chi connectivity index (χ2n) is 8.56. The molecule has 0 heterocycles. The second kappa shape index (κ2) is 13.3. The Balaban J connectivity index is 1.51. The van der Waals surface area contributed by atoms with Crippen molar-refractivity contribution in [3.63, 3.8) is 0 Å². The van der Waals surface area contributed by atoms with Crippen LogP contribution in [-0.4, -0.2) is 31.7 Å². The van der Waals surface area contributed by atoms with E-state index in [1.54, 1.807) is 0 Å². The lowest BCUT2D eigenvalue weighted by molar-refractivity contribution is -0.124. The van der Waals surface area contributed by atoms with Crippen molar-refractivity contribution in [2.45, 2.75) is 64.2 Å². The Hall–Kier alpha value is -1.98. The molecule has 0 bridgehead atoms. The van der Waals surface area contributed by atoms with Crippen molar-refractivity contribution in [3.05, 3.63) is 25.7 Å². The number of rotatable bonds is 12. The van der Waals surface area contributed by atoms with Crippen LogP contribution in [0.4, 0.5) is 0 Å². The van der Waals surface area contributed by atoms with E-state index in [0.717, 1.165) is 64.6 Å². The van der Waals surface area contributed by atoms with Crippen molar-refractivity contribution in [1.29, 1.82) is 0 Å². The minimum atomic E-state index is 0.0267. The lowest BCUT2D eigenvalue weighted by Crippen LogP contribution is -2.39. The summed E-state index contributed by atoms with van der Waals surface area (Å²) in [5.74, 6) is 2.09. The van der Waals surface area contributed by atoms with Gasteiger partial charge in [-0.25, -0.2) is 0 Å². The van der Waals surface area contributed by atoms with Crippen LogP contribution in [0.3, 0.4) is 0 Å². The Kier molecular flexibility index (Phi) is 10.7. The number of nitrogens with one attached hydrogen (secondary N) is 2. The summed E-state index contributed by atoms with van der Waals surface area (Å²) >= 11 is 0. The fourth-order valence-corrected chi connectivity index (χ4v) is 4.52. The molecule has 0 aromatic rings. The van der Waals surface area contributed by atoms with Crippen molar-refractivity contribution in [2.75, 3.05) is 19.9 Å². The molecule has 2 aliphatic carbocycles. The maximum atomic E-state index is 12.1. The first-order valence-corrected chi connectivity index (χ1v) is 11.1. The number of carbonyl (C=O) groups is 2. The summed E-state index contributed by atoms with van der Waals surface area (Å²) in [6.07, 6.45) is 12.7. The van der Waals surface area contributed by atoms with Crippen LogP contribution < -0.4 is 10.6 Å². The molecule has 2 rings (SSSR count). The van der Waals surface area contributed by atoms with Crippen LogP contribution in [0.5, 0.6) is 0 Å². The van der Waals surface area contributed by atoms with Gasteiger partial charge in [-0.1, -0.05) is 13.2 Å². The molecule has 2 amide bonds. The molecule has 164 valence electrons. The maximum absolute atomic E-state index is 12.1. The number of hydrogen-bond acceptors (Lipinski definition) is 4. The minimum Gasteiger partial charge on any atom is -0.502 e. The Morgan fingerprint density at radius 1 is 0.690 bits per heavy atom. The van der Waals surface area contributed by atoms with Gasteiger partial charge in [-0.05, 0) is 75.0 Å². The molecule has 0 radical (unpaired) electrons. The molecule has 6 heteroatoms. The summed E-state index contributed by atoms with van der Waals surface area (Å²) in [7, 11) is 0. The molecule has 6 nitrogen and oxygen atoms in total. The molecule has 29 heavy (non-hydrogen) atoms. The molecular formula is C23H38N2O4. The lowest BCUT2D eigenvalue weighted by Gasteiger charge is -2.28. The third-order valence-corrected chi connectivity index (χ3v) is 6.35. The van der Waals surface area contributed by atoms with Gasteiger partial charge in [0, 0.05) is 12.8 Å². The van der Waals surface area contributed by atoms with E-state index in [1.807, 2.05) is 0 Å². The molecule has 0 aromatic carbocycles. The smallest absolute Gasteiger partial charge is 0.221 e. The zero-order chi connectivity index (χ0) is 20.9. The molecule has 2 N–H and O–H groups in total. The van der Waals surface area contributed by atoms with Crippen LogP contribution in [0.2, 0.25) is 0 Å². The highest BCUT2D eigenvalue weighted by Crippen LogP contribution is 2.31. The quantitative estimate of drug-likeness (QED) is 0.381. The van der Waals surface area contributed by atoms with E-state index in [2.05, 4.69) is 23.8 Å². The molecular weight excluding hydrogens is 368 g/mol. The van der Waals surface area contributed by atoms with Crippen LogP contribution >= 0.6 is 0 Å². The predicted octanol–water partition coefficient (Wildman–Crippen LogP) is 3.89. The summed E-state index contributed by atoms with van der Waals surface area (Å²) < 4.78 is 10.6. The summed E-state index contributed by atoms with van der Waals surface area (Å²) in [5.41, 5.74) is 0. The fourth-order valence-electron chi connectivity index (χ4n) is 4.52. The second-order valence-corrected chi connectivity index (χ2v) is 8.56. The Labute approximate surface area is 175 Å². The molecule has 2 saturated carbocycles. The van der Waals surface area contributed by atoms with Gasteiger partial charge in [0.2, 0.25) is 11.8 Å². The third kappa shape index (κ3) is 9.37. The highest BCUT2D eigenvalue weighted by Gasteiger charge is 2.24. The number of ether oxygens (including phenoxy) is 2. The number of amides is 2. The van der Waals surface area contributed by atoms with E-state index < -0.39 is 0 Å². The Morgan fingerprint density at radius 2 is 1.03 bits per heavy atom. The van der Waals surface area contributed by atoms with E-state index in [1.165, 1.54) is 12.5 Å². The zero-order valence-electron chi connectivity index (χ0n) is 17.7. The van der Waals surface area contributed by atoms with Crippen molar-refractivity contribution in [1.82, 2.24) is 10.6 Å². The minimum absolute atomic E-state index is 0.0267. The first-order chi connectivity index (χ1) is 14.1. The van der Waals surface area contributed by atoms with Gasteiger partial charge in [-0.2, -0.15) is 0 Å². The van der Waals surface area contributed by atoms with Crippen molar-refractivity contribution >= 4 is 11.8 Å². The number of hydrogen-bond donors (Lipinski definition) is 2. The summed E-state index contributed by atoms with van der Waals surface area (Å²) in [6.45, 7) is 8.84. The van der Waals surface area contributed by atoms with Crippen LogP contribution in [-0.2, 0) is 19.1 Å². The Morgan fingerprint density at radius 3 is 1.38 bits per heavy atom. The first kappa shape index (κ1) is 23.3. The largest absolute Gasteiger partial charge is 0.502 e. The van der Waals surface area contributed by atoms with Crippen LogP contribution in [0.25, 0.3) is 0 Å². The predicted molar refractivity (Wildman–Crippen MR) is 114 cm³/mol. The molecule has 2 aliphatic rings. The highest BCUT2D eigenvalue weighted by molar-refractivity contribution is 5.78. The zero-order valence-corrected chi connectivity index (χ0v) is 17.7. The van der Waals surface area contributed by atoms with E-state index >= 15 is 0 Å². The van der Waals surface area contributed by atoms with E-state index in [-0.39, 0.29) is 18.5 Å². The monoisotopic (exact) mass is 406 g/mol. The average molecular weight is 407 g/mol. The molecule has 0 spiro atoms. The van der Waals surface area contributed by atoms with Gasteiger partial charge in [0.1, 0.15) is 0 Å². The van der Waals surface area contributed by atoms with Gasteiger partial charge < -0.3 is 20.1 Å². The Bertz CT molecular complexity index is 475. The average Bonchev–Trinajstić information content (AvgIpc) is 2.72. The van der Waals surface area contributed by atoms with Crippen molar-refractivity contribution in [2.24, 2.45) is 23.7 Å². The van der Waals surface area contributed by atoms with Crippen molar-refractivity contribution < 1.29 is 19.1 Å². The molecule has 0 aliphatic heterocycles. The van der Waals surface area contributed by atoms with Gasteiger partial charge in [0.15, 0.2) is 0 Å². The maximum Gasteiger partial charge on any atom is 0.221 e. The summed E-state index contributed by atoms with van der Waals surface area (Å²) in [4.78, 5) is 24.3. The van der Waals surface area contributed by atoms with Gasteiger partial charge in [-0.15, -0.1) is 0 Å². The molecule has 0 saturated heterocycles. The van der Waals surface area contributed by atoms with Gasteiger partial charge in [-0.3, -0.25) is 9.59 Å². The van der Waals surface area contributed by atoms with E-state index in [9.17, 15) is 9.59 Å². The first-order valence-electron chi connectivity index (χ1n) is 11.1. The summed E-state index contributed by atoms with van der Waals surface area (Å²) in [6, 6.07) is 0. The number of carbonyl (C=O) groups excluding carboxylic acids is 2. The van der Waals surface area contributed by atoms with Crippen LogP contribution in [0.15, 0.2) is 25.7 Å². The third-order valence-electron chi connectivity index (χ3n) is 6.35. The normalized spacial score (nSPS) is 26.8. The molecule has 0 aromatic heterocycles. The van der Waals surface area contributed by atoms with Crippen molar-refractivity contribution in [3.8, 4) is 0 Å². The fraction of sp³-hybridized carbons (Fsp3) is 0.739. The molecule has 0 unspecified atom stereocenters. The van der Waals surface area contributed by atoms with E-state index in [0.29, 0.717) is 36.5 Å². The molecule has 2 fully saturated rings. The highest BCUT2D eigenvalue weighted by atomic mass is 16.5. The van der Waals surface area contributed by atoms with Gasteiger partial charge in [0.25, 0.3) is 0 Å². The van der Waals surface area contributed by atoms with E-state index in [4.69, 9.17) is 9.47 Å². The standard InChI is InChI=1S/C23H38N2O4/c1-3-28-15-20-9-5-18(6-10-20)13-22(26)24-17-25-23(27)14-19-7-11-21(12-8-19)16-29-4-2/h3-4,18-21H,1-2,5-17H2,(H,24,26)(H,25,27). The lowest BCUT2D eigenvalue weighted by atomic mass is 9.81. The van der Waals surface area contributed by atoms with Crippen LogP contribution in [0, 0.1) is 23.7 Å². The summed E-state index contributed by atoms with van der Waals surface area (Å²) in [5, 5.41) is 5.68. The topological polar surface area (TPSA) is 76.7 Å². The van der Waals surface area contributed by atoms with Gasteiger partial charge >= 0.3 is 0 Å².